The fourth-order valence-electron chi connectivity index (χ4n) is 2.57. The number of hydrogen-bond acceptors (Lipinski definition) is 2. The maximum Gasteiger partial charge on any atom is 0.248 e. The van der Waals surface area contributed by atoms with Gasteiger partial charge in [0.15, 0.2) is 0 Å². The Morgan fingerprint density at radius 1 is 1.53 bits per heavy atom. The first kappa shape index (κ1) is 10.3. The lowest BCUT2D eigenvalue weighted by molar-refractivity contribution is -0.114. The predicted octanol–water partition coefficient (Wildman–Crippen LogP) is 1.63. The zero-order chi connectivity index (χ0) is 12.0. The lowest BCUT2D eigenvalue weighted by Crippen LogP contribution is -2.18. The number of pyridine rings is 1. The van der Waals surface area contributed by atoms with E-state index in [1.165, 1.54) is 5.56 Å². The minimum atomic E-state index is -0.356. The number of aromatic nitrogens is 1. The predicted molar refractivity (Wildman–Crippen MR) is 65.2 cm³/mol. The van der Waals surface area contributed by atoms with E-state index in [1.54, 1.807) is 0 Å². The molecule has 1 aromatic heterocycles. The van der Waals surface area contributed by atoms with Gasteiger partial charge in [-0.15, -0.1) is 0 Å². The van der Waals surface area contributed by atoms with Crippen molar-refractivity contribution in [3.63, 3.8) is 0 Å². The van der Waals surface area contributed by atoms with Gasteiger partial charge in [0.05, 0.1) is 0 Å². The van der Waals surface area contributed by atoms with Crippen molar-refractivity contribution in [1.82, 2.24) is 4.98 Å². The molecule has 3 nitrogen and oxygen atoms in total. The molecule has 1 saturated carbocycles. The van der Waals surface area contributed by atoms with Gasteiger partial charge in [-0.25, -0.2) is 0 Å². The molecule has 2 aliphatic carbocycles. The van der Waals surface area contributed by atoms with E-state index in [0.717, 1.165) is 12.1 Å². The lowest BCUT2D eigenvalue weighted by Gasteiger charge is -2.16. The number of rotatable bonds is 2. The van der Waals surface area contributed by atoms with E-state index in [-0.39, 0.29) is 11.3 Å². The standard InChI is InChI=1S/C14H14N2O/c1-9-2-4-12(8-16-9)14-6-10(13(15)17)3-5-11(14)7-14/h2-6,8,11H,7H2,1H3,(H2,15,17). The van der Waals surface area contributed by atoms with Crippen LogP contribution in [-0.4, -0.2) is 10.9 Å². The van der Waals surface area contributed by atoms with Crippen LogP contribution in [0.1, 0.15) is 17.7 Å². The van der Waals surface area contributed by atoms with Crippen molar-refractivity contribution in [3.8, 4) is 0 Å². The summed E-state index contributed by atoms with van der Waals surface area (Å²) in [7, 11) is 0. The number of aryl methyl sites for hydroxylation is 1. The van der Waals surface area contributed by atoms with E-state index in [4.69, 9.17) is 5.73 Å². The van der Waals surface area contributed by atoms with Gasteiger partial charge in [0.25, 0.3) is 0 Å². The zero-order valence-corrected chi connectivity index (χ0v) is 9.68. The van der Waals surface area contributed by atoms with Crippen molar-refractivity contribution < 1.29 is 4.79 Å². The molecule has 17 heavy (non-hydrogen) atoms. The molecule has 1 heterocycles. The molecule has 2 atom stereocenters. The zero-order valence-electron chi connectivity index (χ0n) is 9.68. The van der Waals surface area contributed by atoms with E-state index in [2.05, 4.69) is 17.1 Å². The topological polar surface area (TPSA) is 56.0 Å². The molecule has 2 unspecified atom stereocenters. The van der Waals surface area contributed by atoms with Crippen LogP contribution in [0.15, 0.2) is 42.1 Å². The van der Waals surface area contributed by atoms with E-state index in [1.807, 2.05) is 31.3 Å². The first-order valence-electron chi connectivity index (χ1n) is 5.76. The average molecular weight is 226 g/mol. The fourth-order valence-corrected chi connectivity index (χ4v) is 2.57. The third-order valence-electron chi connectivity index (χ3n) is 3.71. The summed E-state index contributed by atoms with van der Waals surface area (Å²) in [6, 6.07) is 4.10. The number of primary amides is 1. The van der Waals surface area contributed by atoms with Crippen LogP contribution >= 0.6 is 0 Å². The van der Waals surface area contributed by atoms with Gasteiger partial charge in [0.1, 0.15) is 0 Å². The normalized spacial score (nSPS) is 29.5. The Hall–Kier alpha value is -1.90. The molecule has 0 spiro atoms. The molecule has 0 aliphatic heterocycles. The highest BCUT2D eigenvalue weighted by molar-refractivity contribution is 5.95. The minimum Gasteiger partial charge on any atom is -0.366 e. The number of allylic oxidation sites excluding steroid dienone is 2. The summed E-state index contributed by atoms with van der Waals surface area (Å²) in [5.41, 5.74) is 8.10. The summed E-state index contributed by atoms with van der Waals surface area (Å²) in [5.74, 6) is 0.140. The van der Waals surface area contributed by atoms with E-state index in [0.29, 0.717) is 11.5 Å². The Morgan fingerprint density at radius 3 is 3.00 bits per heavy atom. The maximum atomic E-state index is 11.2. The van der Waals surface area contributed by atoms with Crippen molar-refractivity contribution in [2.45, 2.75) is 18.8 Å². The van der Waals surface area contributed by atoms with E-state index >= 15 is 0 Å². The summed E-state index contributed by atoms with van der Waals surface area (Å²) in [6.45, 7) is 1.97. The van der Waals surface area contributed by atoms with Gasteiger partial charge in [0, 0.05) is 22.9 Å². The molecule has 0 saturated heterocycles. The van der Waals surface area contributed by atoms with Gasteiger partial charge in [-0.05, 0) is 30.9 Å². The van der Waals surface area contributed by atoms with Crippen molar-refractivity contribution in [3.05, 3.63) is 53.4 Å². The third-order valence-corrected chi connectivity index (χ3v) is 3.71. The lowest BCUT2D eigenvalue weighted by atomic mass is 9.88. The molecule has 2 aliphatic rings. The molecule has 0 bridgehead atoms. The Bertz CT molecular complexity index is 542. The number of nitrogens with zero attached hydrogens (tertiary/aromatic N) is 1. The van der Waals surface area contributed by atoms with Crippen LogP contribution < -0.4 is 5.73 Å². The molecule has 1 amide bonds. The van der Waals surface area contributed by atoms with Crippen molar-refractivity contribution >= 4 is 5.91 Å². The average Bonchev–Trinajstić information content (AvgIpc) is 3.04. The highest BCUT2D eigenvalue weighted by atomic mass is 16.1. The number of fused-ring (bicyclic) bond motifs is 1. The first-order chi connectivity index (χ1) is 8.12. The second kappa shape index (κ2) is 3.29. The first-order valence-corrected chi connectivity index (χ1v) is 5.76. The molecule has 2 N–H and O–H groups in total. The van der Waals surface area contributed by atoms with E-state index < -0.39 is 0 Å². The van der Waals surface area contributed by atoms with Crippen LogP contribution in [0.5, 0.6) is 0 Å². The van der Waals surface area contributed by atoms with Crippen molar-refractivity contribution in [2.24, 2.45) is 11.7 Å². The van der Waals surface area contributed by atoms with Crippen LogP contribution in [0, 0.1) is 12.8 Å². The number of hydrogen-bond donors (Lipinski definition) is 1. The quantitative estimate of drug-likeness (QED) is 0.833. The SMILES string of the molecule is Cc1ccc(C23C=C(C(N)=O)C=CC2C3)cn1. The summed E-state index contributed by atoms with van der Waals surface area (Å²) < 4.78 is 0. The number of amides is 1. The van der Waals surface area contributed by atoms with E-state index in [9.17, 15) is 4.79 Å². The molecule has 86 valence electrons. The van der Waals surface area contributed by atoms with Crippen molar-refractivity contribution in [1.29, 1.82) is 0 Å². The van der Waals surface area contributed by atoms with Crippen molar-refractivity contribution in [2.75, 3.05) is 0 Å². The Balaban J connectivity index is 2.02. The van der Waals surface area contributed by atoms with Crippen LogP contribution in [0.25, 0.3) is 0 Å². The maximum absolute atomic E-state index is 11.2. The Kier molecular flexibility index (Phi) is 1.99. The summed E-state index contributed by atoms with van der Waals surface area (Å²) in [4.78, 5) is 15.6. The summed E-state index contributed by atoms with van der Waals surface area (Å²) in [6.07, 6.45) is 8.88. The van der Waals surface area contributed by atoms with Gasteiger partial charge in [-0.1, -0.05) is 24.3 Å². The molecule has 1 aromatic rings. The summed E-state index contributed by atoms with van der Waals surface area (Å²) >= 11 is 0. The van der Waals surface area contributed by atoms with Crippen LogP contribution in [-0.2, 0) is 10.2 Å². The number of carbonyl (C=O) groups excluding carboxylic acids is 1. The molecule has 0 aromatic carbocycles. The Morgan fingerprint density at radius 2 is 2.35 bits per heavy atom. The molecular weight excluding hydrogens is 212 g/mol. The molecule has 3 rings (SSSR count). The Labute approximate surface area is 100 Å². The molecule has 0 radical (unpaired) electrons. The molecule has 3 heteroatoms. The van der Waals surface area contributed by atoms with Gasteiger partial charge < -0.3 is 5.73 Å². The summed E-state index contributed by atoms with van der Waals surface area (Å²) in [5, 5.41) is 0. The fraction of sp³-hybridized carbons (Fsp3) is 0.286. The monoisotopic (exact) mass is 226 g/mol. The van der Waals surface area contributed by atoms with Gasteiger partial charge in [-0.2, -0.15) is 0 Å². The van der Waals surface area contributed by atoms with Gasteiger partial charge >= 0.3 is 0 Å². The minimum absolute atomic E-state index is 0.0280. The van der Waals surface area contributed by atoms with Gasteiger partial charge in [-0.3, -0.25) is 9.78 Å². The van der Waals surface area contributed by atoms with Crippen LogP contribution in [0.2, 0.25) is 0 Å². The number of nitrogens with two attached hydrogens (primary N) is 1. The second-order valence-corrected chi connectivity index (χ2v) is 4.86. The molecule has 1 fully saturated rings. The van der Waals surface area contributed by atoms with Crippen LogP contribution in [0.3, 0.4) is 0 Å². The third kappa shape index (κ3) is 1.50. The largest absolute Gasteiger partial charge is 0.366 e. The highest BCUT2D eigenvalue weighted by Crippen LogP contribution is 2.58. The highest BCUT2D eigenvalue weighted by Gasteiger charge is 2.54. The second-order valence-electron chi connectivity index (χ2n) is 4.86. The van der Waals surface area contributed by atoms with Gasteiger partial charge in [0.2, 0.25) is 5.91 Å². The van der Waals surface area contributed by atoms with Crippen LogP contribution in [0.4, 0.5) is 0 Å². The molecular formula is C14H14N2O. The smallest absolute Gasteiger partial charge is 0.248 e. The number of carbonyl (C=O) groups is 1.